The number of halogens is 2. The Bertz CT molecular complexity index is 402. The van der Waals surface area contributed by atoms with Gasteiger partial charge in [-0.05, 0) is 15.9 Å². The van der Waals surface area contributed by atoms with Gasteiger partial charge in [0, 0.05) is 12.8 Å². The molecule has 0 bridgehead atoms. The first-order valence-electron chi connectivity index (χ1n) is 4.21. The molecule has 0 aliphatic heterocycles. The molecule has 0 unspecified atom stereocenters. The molecule has 0 saturated heterocycles. The van der Waals surface area contributed by atoms with Crippen LogP contribution in [-0.2, 0) is 0 Å². The van der Waals surface area contributed by atoms with E-state index in [1.807, 2.05) is 6.07 Å². The van der Waals surface area contributed by atoms with Crippen molar-refractivity contribution in [1.82, 2.24) is 9.78 Å². The number of nitrogens with zero attached hydrogens (tertiary/aromatic N) is 3. The molecule has 1 aliphatic carbocycles. The molecule has 4 nitrogen and oxygen atoms in total. The van der Waals surface area contributed by atoms with E-state index < -0.39 is 6.17 Å². The Hall–Kier alpha value is -1.09. The van der Waals surface area contributed by atoms with Gasteiger partial charge in [0.25, 0.3) is 0 Å². The number of nitrogen functional groups attached to an aromatic ring is 1. The highest BCUT2D eigenvalue weighted by atomic mass is 79.9. The van der Waals surface area contributed by atoms with Gasteiger partial charge < -0.3 is 5.73 Å². The molecule has 1 aromatic heterocycles. The molecule has 74 valence electrons. The van der Waals surface area contributed by atoms with Crippen molar-refractivity contribution in [2.75, 3.05) is 5.73 Å². The van der Waals surface area contributed by atoms with Gasteiger partial charge in [0.05, 0.1) is 6.04 Å². The van der Waals surface area contributed by atoms with Crippen LogP contribution in [0.25, 0.3) is 0 Å². The zero-order valence-electron chi connectivity index (χ0n) is 7.24. The van der Waals surface area contributed by atoms with Crippen LogP contribution in [0.4, 0.5) is 10.2 Å². The lowest BCUT2D eigenvalue weighted by Crippen LogP contribution is -2.29. The smallest absolute Gasteiger partial charge is 0.148 e. The Kier molecular flexibility index (Phi) is 2.19. The van der Waals surface area contributed by atoms with Crippen LogP contribution in [0.1, 0.15) is 24.4 Å². The third kappa shape index (κ3) is 1.28. The average Bonchev–Trinajstić information content (AvgIpc) is 2.36. The molecule has 1 aromatic rings. The normalized spacial score (nSPS) is 25.5. The van der Waals surface area contributed by atoms with Crippen molar-refractivity contribution in [3.05, 3.63) is 10.2 Å². The first-order chi connectivity index (χ1) is 6.63. The van der Waals surface area contributed by atoms with E-state index >= 15 is 0 Å². The van der Waals surface area contributed by atoms with Gasteiger partial charge in [-0.3, -0.25) is 0 Å². The maximum atomic E-state index is 12.6. The van der Waals surface area contributed by atoms with Crippen molar-refractivity contribution in [2.24, 2.45) is 0 Å². The fraction of sp³-hybridized carbons (Fsp3) is 0.500. The number of hydrogen-bond acceptors (Lipinski definition) is 3. The van der Waals surface area contributed by atoms with Gasteiger partial charge in [-0.1, -0.05) is 0 Å². The van der Waals surface area contributed by atoms with E-state index in [4.69, 9.17) is 11.0 Å². The molecule has 1 heterocycles. The Labute approximate surface area is 88.6 Å². The van der Waals surface area contributed by atoms with Gasteiger partial charge in [0.1, 0.15) is 28.2 Å². The van der Waals surface area contributed by atoms with E-state index in [-0.39, 0.29) is 6.04 Å². The second-order valence-corrected chi connectivity index (χ2v) is 4.08. The summed E-state index contributed by atoms with van der Waals surface area (Å²) in [6, 6.07) is 1.95. The second-order valence-electron chi connectivity index (χ2n) is 3.33. The molecule has 2 N–H and O–H groups in total. The summed E-state index contributed by atoms with van der Waals surface area (Å²) in [6.07, 6.45) is 0.111. The fourth-order valence-electron chi connectivity index (χ4n) is 1.52. The van der Waals surface area contributed by atoms with Crippen LogP contribution in [-0.4, -0.2) is 16.0 Å². The summed E-state index contributed by atoms with van der Waals surface area (Å²) in [5.74, 6) is 0.316. The molecular weight excluding hydrogens is 251 g/mol. The Morgan fingerprint density at radius 1 is 1.64 bits per heavy atom. The second kappa shape index (κ2) is 3.24. The quantitative estimate of drug-likeness (QED) is 0.835. The largest absolute Gasteiger partial charge is 0.383 e. The van der Waals surface area contributed by atoms with E-state index in [0.29, 0.717) is 28.8 Å². The Balaban J connectivity index is 2.32. The predicted octanol–water partition coefficient (Wildman–Crippen LogP) is 1.77. The van der Waals surface area contributed by atoms with E-state index in [0.717, 1.165) is 0 Å². The summed E-state index contributed by atoms with van der Waals surface area (Å²) in [7, 11) is 0. The van der Waals surface area contributed by atoms with Crippen molar-refractivity contribution in [1.29, 1.82) is 5.26 Å². The number of aromatic nitrogens is 2. The summed E-state index contributed by atoms with van der Waals surface area (Å²) in [5, 5.41) is 12.8. The number of anilines is 1. The minimum absolute atomic E-state index is 0.00315. The Morgan fingerprint density at radius 2 is 2.29 bits per heavy atom. The first kappa shape index (κ1) is 9.46. The van der Waals surface area contributed by atoms with Crippen LogP contribution in [0.2, 0.25) is 0 Å². The fourth-order valence-corrected chi connectivity index (χ4v) is 1.98. The molecular formula is C8H8BrFN4. The van der Waals surface area contributed by atoms with E-state index in [1.165, 1.54) is 4.68 Å². The number of nitriles is 1. The predicted molar refractivity (Wildman–Crippen MR) is 52.2 cm³/mol. The molecule has 1 saturated carbocycles. The average molecular weight is 259 g/mol. The summed E-state index contributed by atoms with van der Waals surface area (Å²) in [5.41, 5.74) is 6.02. The molecule has 0 spiro atoms. The van der Waals surface area contributed by atoms with Crippen LogP contribution in [0.15, 0.2) is 4.60 Å². The van der Waals surface area contributed by atoms with Gasteiger partial charge in [0.2, 0.25) is 0 Å². The van der Waals surface area contributed by atoms with Crippen molar-refractivity contribution >= 4 is 21.7 Å². The number of rotatable bonds is 1. The highest BCUT2D eigenvalue weighted by Gasteiger charge is 2.33. The zero-order chi connectivity index (χ0) is 10.3. The highest BCUT2D eigenvalue weighted by Crippen LogP contribution is 2.37. The van der Waals surface area contributed by atoms with E-state index in [9.17, 15) is 4.39 Å². The first-order valence-corrected chi connectivity index (χ1v) is 5.00. The minimum Gasteiger partial charge on any atom is -0.383 e. The lowest BCUT2D eigenvalue weighted by molar-refractivity contribution is 0.129. The lowest BCUT2D eigenvalue weighted by atomic mass is 9.91. The SMILES string of the molecule is N#Cc1c(Br)nn(C2CC(F)C2)c1N. The minimum atomic E-state index is -0.757. The summed E-state index contributed by atoms with van der Waals surface area (Å²) in [4.78, 5) is 0. The lowest BCUT2D eigenvalue weighted by Gasteiger charge is -2.30. The highest BCUT2D eigenvalue weighted by molar-refractivity contribution is 9.10. The maximum absolute atomic E-state index is 12.6. The molecule has 14 heavy (non-hydrogen) atoms. The molecule has 0 aromatic carbocycles. The molecule has 1 fully saturated rings. The van der Waals surface area contributed by atoms with Crippen LogP contribution in [0, 0.1) is 11.3 Å². The standard InChI is InChI=1S/C8H8BrFN4/c9-7-6(3-11)8(12)14(13-7)5-1-4(10)2-5/h4-5H,1-2,12H2. The van der Waals surface area contributed by atoms with Crippen LogP contribution in [0.3, 0.4) is 0 Å². The summed E-state index contributed by atoms with van der Waals surface area (Å²) >= 11 is 3.14. The monoisotopic (exact) mass is 258 g/mol. The molecule has 0 amide bonds. The van der Waals surface area contributed by atoms with Gasteiger partial charge in [-0.15, -0.1) is 0 Å². The van der Waals surface area contributed by atoms with Crippen LogP contribution < -0.4 is 5.73 Å². The third-order valence-electron chi connectivity index (χ3n) is 2.42. The summed E-state index contributed by atoms with van der Waals surface area (Å²) in [6.45, 7) is 0. The Morgan fingerprint density at radius 3 is 2.71 bits per heavy atom. The number of nitrogens with two attached hydrogens (primary N) is 1. The van der Waals surface area contributed by atoms with Crippen molar-refractivity contribution in [2.45, 2.75) is 25.1 Å². The topological polar surface area (TPSA) is 67.6 Å². The van der Waals surface area contributed by atoms with Gasteiger partial charge in [0.15, 0.2) is 0 Å². The zero-order valence-corrected chi connectivity index (χ0v) is 8.83. The van der Waals surface area contributed by atoms with E-state index in [1.54, 1.807) is 0 Å². The maximum Gasteiger partial charge on any atom is 0.148 e. The van der Waals surface area contributed by atoms with Crippen LogP contribution >= 0.6 is 15.9 Å². The molecule has 1 aliphatic rings. The van der Waals surface area contributed by atoms with Gasteiger partial charge in [-0.25, -0.2) is 9.07 Å². The van der Waals surface area contributed by atoms with Gasteiger partial charge >= 0.3 is 0 Å². The number of hydrogen-bond donors (Lipinski definition) is 1. The molecule has 6 heteroatoms. The number of alkyl halides is 1. The molecule has 0 atom stereocenters. The molecule has 0 radical (unpaired) electrons. The van der Waals surface area contributed by atoms with Crippen molar-refractivity contribution in [3.63, 3.8) is 0 Å². The van der Waals surface area contributed by atoms with Crippen molar-refractivity contribution in [3.8, 4) is 6.07 Å². The molecule has 2 rings (SSSR count). The third-order valence-corrected chi connectivity index (χ3v) is 2.97. The van der Waals surface area contributed by atoms with Gasteiger partial charge in [-0.2, -0.15) is 10.4 Å². The van der Waals surface area contributed by atoms with Crippen molar-refractivity contribution < 1.29 is 4.39 Å². The van der Waals surface area contributed by atoms with Crippen LogP contribution in [0.5, 0.6) is 0 Å². The summed E-state index contributed by atoms with van der Waals surface area (Å²) < 4.78 is 14.6. The van der Waals surface area contributed by atoms with E-state index in [2.05, 4.69) is 21.0 Å².